The minimum absolute atomic E-state index is 0.00544. The van der Waals surface area contributed by atoms with E-state index in [0.29, 0.717) is 13.0 Å². The van der Waals surface area contributed by atoms with Crippen molar-refractivity contribution >= 4 is 22.0 Å². The van der Waals surface area contributed by atoms with Gasteiger partial charge in [-0.3, -0.25) is 0 Å². The number of carbonyl (C=O) groups excluding carboxylic acids is 1. The number of alkyl carbamates (subject to hydrolysis) is 1. The van der Waals surface area contributed by atoms with E-state index in [0.717, 1.165) is 15.6 Å². The van der Waals surface area contributed by atoms with Crippen LogP contribution in [0, 0.1) is 5.92 Å². The van der Waals surface area contributed by atoms with Crippen LogP contribution in [0.15, 0.2) is 59.1 Å². The molecular formula is C18H20BrNO3. The van der Waals surface area contributed by atoms with E-state index in [1.165, 1.54) is 0 Å². The molecule has 1 amide bonds. The molecule has 0 fully saturated rings. The summed E-state index contributed by atoms with van der Waals surface area (Å²) in [5.74, 6) is -0.0476. The third kappa shape index (κ3) is 6.42. The zero-order valence-corrected chi connectivity index (χ0v) is 14.3. The Bertz CT molecular complexity index is 619. The average molecular weight is 378 g/mol. The lowest BCUT2D eigenvalue weighted by molar-refractivity contribution is 0.135. The first-order valence-electron chi connectivity index (χ1n) is 7.47. The van der Waals surface area contributed by atoms with E-state index in [-0.39, 0.29) is 19.1 Å². The van der Waals surface area contributed by atoms with Crippen LogP contribution in [0.3, 0.4) is 0 Å². The summed E-state index contributed by atoms with van der Waals surface area (Å²) in [6.45, 7) is 0.615. The normalized spacial score (nSPS) is 11.7. The molecule has 0 saturated carbocycles. The van der Waals surface area contributed by atoms with Crippen LogP contribution in [0.1, 0.15) is 11.1 Å². The van der Waals surface area contributed by atoms with Crippen molar-refractivity contribution in [3.63, 3.8) is 0 Å². The quantitative estimate of drug-likeness (QED) is 0.775. The van der Waals surface area contributed by atoms with Gasteiger partial charge >= 0.3 is 6.09 Å². The van der Waals surface area contributed by atoms with Gasteiger partial charge in [-0.25, -0.2) is 4.79 Å². The lowest BCUT2D eigenvalue weighted by atomic mass is 10.0. The maximum atomic E-state index is 11.7. The molecular weight excluding hydrogens is 358 g/mol. The van der Waals surface area contributed by atoms with E-state index in [1.54, 1.807) is 0 Å². The number of rotatable bonds is 7. The fourth-order valence-electron chi connectivity index (χ4n) is 2.20. The summed E-state index contributed by atoms with van der Waals surface area (Å²) >= 11 is 3.43. The van der Waals surface area contributed by atoms with Crippen LogP contribution in [0.4, 0.5) is 4.79 Å². The van der Waals surface area contributed by atoms with Crippen LogP contribution in [0.25, 0.3) is 0 Å². The summed E-state index contributed by atoms with van der Waals surface area (Å²) in [5.41, 5.74) is 2.05. The van der Waals surface area contributed by atoms with Gasteiger partial charge in [0.25, 0.3) is 0 Å². The number of hydrogen-bond donors (Lipinski definition) is 2. The van der Waals surface area contributed by atoms with Crippen LogP contribution >= 0.6 is 15.9 Å². The first kappa shape index (κ1) is 17.5. The Hall–Kier alpha value is -1.85. The first-order chi connectivity index (χ1) is 11.2. The van der Waals surface area contributed by atoms with Crippen LogP contribution in [-0.4, -0.2) is 24.4 Å². The number of nitrogens with one attached hydrogen (secondary N) is 1. The standard InChI is InChI=1S/C18H20BrNO3/c19-17-8-4-7-15(10-17)9-16(12-21)11-20-18(22)23-13-14-5-2-1-3-6-14/h1-8,10,16,21H,9,11-13H2,(H,20,22). The van der Waals surface area contributed by atoms with E-state index >= 15 is 0 Å². The summed E-state index contributed by atoms with van der Waals surface area (Å²) in [6, 6.07) is 17.4. The van der Waals surface area contributed by atoms with Crippen molar-refractivity contribution < 1.29 is 14.6 Å². The molecule has 2 N–H and O–H groups in total. The third-order valence-electron chi connectivity index (χ3n) is 3.42. The largest absolute Gasteiger partial charge is 0.445 e. The number of halogens is 1. The molecule has 4 nitrogen and oxygen atoms in total. The van der Waals surface area contributed by atoms with Crippen LogP contribution < -0.4 is 5.32 Å². The molecule has 0 aliphatic heterocycles. The lowest BCUT2D eigenvalue weighted by Crippen LogP contribution is -2.32. The Labute approximate surface area is 144 Å². The topological polar surface area (TPSA) is 58.6 Å². The molecule has 0 aliphatic carbocycles. The highest BCUT2D eigenvalue weighted by molar-refractivity contribution is 9.10. The molecule has 5 heteroatoms. The minimum Gasteiger partial charge on any atom is -0.445 e. The Morgan fingerprint density at radius 3 is 2.57 bits per heavy atom. The maximum Gasteiger partial charge on any atom is 0.407 e. The molecule has 0 aromatic heterocycles. The van der Waals surface area contributed by atoms with Gasteiger partial charge in [0.2, 0.25) is 0 Å². The number of carbonyl (C=O) groups is 1. The Balaban J connectivity index is 1.75. The minimum atomic E-state index is -0.471. The van der Waals surface area contributed by atoms with Crippen LogP contribution in [-0.2, 0) is 17.8 Å². The second kappa shape index (κ2) is 9.33. The van der Waals surface area contributed by atoms with Crippen molar-refractivity contribution in [2.75, 3.05) is 13.2 Å². The molecule has 122 valence electrons. The molecule has 2 aromatic carbocycles. The third-order valence-corrected chi connectivity index (χ3v) is 3.91. The van der Waals surface area contributed by atoms with Crippen LogP contribution in [0.2, 0.25) is 0 Å². The summed E-state index contributed by atoms with van der Waals surface area (Å²) in [6.07, 6.45) is 0.219. The smallest absolute Gasteiger partial charge is 0.407 e. The number of amides is 1. The van der Waals surface area contributed by atoms with Gasteiger partial charge in [-0.2, -0.15) is 0 Å². The Morgan fingerprint density at radius 1 is 1.13 bits per heavy atom. The van der Waals surface area contributed by atoms with Crippen molar-refractivity contribution in [2.45, 2.75) is 13.0 Å². The molecule has 1 atom stereocenters. The van der Waals surface area contributed by atoms with E-state index in [2.05, 4.69) is 21.2 Å². The van der Waals surface area contributed by atoms with E-state index < -0.39 is 6.09 Å². The first-order valence-corrected chi connectivity index (χ1v) is 8.26. The van der Waals surface area contributed by atoms with Crippen molar-refractivity contribution in [1.29, 1.82) is 0 Å². The molecule has 0 saturated heterocycles. The summed E-state index contributed by atoms with van der Waals surface area (Å²) in [7, 11) is 0. The predicted octanol–water partition coefficient (Wildman–Crippen LogP) is 3.53. The second-order valence-electron chi connectivity index (χ2n) is 5.33. The van der Waals surface area contributed by atoms with Crippen molar-refractivity contribution in [3.05, 3.63) is 70.2 Å². The van der Waals surface area contributed by atoms with Gasteiger partial charge in [0, 0.05) is 23.5 Å². The summed E-state index contributed by atoms with van der Waals surface area (Å²) in [5, 5.41) is 12.2. The van der Waals surface area contributed by atoms with E-state index in [9.17, 15) is 9.90 Å². The summed E-state index contributed by atoms with van der Waals surface area (Å²) < 4.78 is 6.15. The molecule has 23 heavy (non-hydrogen) atoms. The highest BCUT2D eigenvalue weighted by Crippen LogP contribution is 2.15. The fourth-order valence-corrected chi connectivity index (χ4v) is 2.65. The molecule has 2 aromatic rings. The van der Waals surface area contributed by atoms with Crippen molar-refractivity contribution in [3.8, 4) is 0 Å². The molecule has 0 spiro atoms. The zero-order valence-electron chi connectivity index (χ0n) is 12.7. The molecule has 0 bridgehead atoms. The summed E-state index contributed by atoms with van der Waals surface area (Å²) in [4.78, 5) is 11.7. The predicted molar refractivity (Wildman–Crippen MR) is 93.1 cm³/mol. The van der Waals surface area contributed by atoms with Gasteiger partial charge in [0.1, 0.15) is 6.61 Å². The van der Waals surface area contributed by atoms with Gasteiger partial charge in [-0.05, 0) is 29.7 Å². The van der Waals surface area contributed by atoms with Gasteiger partial charge in [0.15, 0.2) is 0 Å². The number of aliphatic hydroxyl groups excluding tert-OH is 1. The monoisotopic (exact) mass is 377 g/mol. The molecule has 0 aliphatic rings. The van der Waals surface area contributed by atoms with Gasteiger partial charge in [0.05, 0.1) is 0 Å². The van der Waals surface area contributed by atoms with Gasteiger partial charge in [-0.1, -0.05) is 58.4 Å². The second-order valence-corrected chi connectivity index (χ2v) is 6.24. The number of aliphatic hydroxyl groups is 1. The van der Waals surface area contributed by atoms with Gasteiger partial charge < -0.3 is 15.2 Å². The van der Waals surface area contributed by atoms with Crippen LogP contribution in [0.5, 0.6) is 0 Å². The molecule has 2 rings (SSSR count). The SMILES string of the molecule is O=C(NCC(CO)Cc1cccc(Br)c1)OCc1ccccc1. The molecule has 1 unspecified atom stereocenters. The number of ether oxygens (including phenoxy) is 1. The molecule has 0 radical (unpaired) electrons. The van der Waals surface area contributed by atoms with Crippen molar-refractivity contribution in [1.82, 2.24) is 5.32 Å². The highest BCUT2D eigenvalue weighted by Gasteiger charge is 2.11. The molecule has 0 heterocycles. The van der Waals surface area contributed by atoms with E-state index in [4.69, 9.17) is 4.74 Å². The zero-order chi connectivity index (χ0) is 16.5. The highest BCUT2D eigenvalue weighted by atomic mass is 79.9. The van der Waals surface area contributed by atoms with Gasteiger partial charge in [-0.15, -0.1) is 0 Å². The average Bonchev–Trinajstić information content (AvgIpc) is 2.57. The maximum absolute atomic E-state index is 11.7. The number of hydrogen-bond acceptors (Lipinski definition) is 3. The lowest BCUT2D eigenvalue weighted by Gasteiger charge is -2.15. The Morgan fingerprint density at radius 2 is 1.87 bits per heavy atom. The Kier molecular flexibility index (Phi) is 7.10. The number of benzene rings is 2. The van der Waals surface area contributed by atoms with E-state index in [1.807, 2.05) is 54.6 Å². The van der Waals surface area contributed by atoms with Crippen molar-refractivity contribution in [2.24, 2.45) is 5.92 Å². The fraction of sp³-hybridized carbons (Fsp3) is 0.278.